The Bertz CT molecular complexity index is 910. The average Bonchev–Trinajstić information content (AvgIpc) is 2.83. The summed E-state index contributed by atoms with van der Waals surface area (Å²) in [7, 11) is 0. The van der Waals surface area contributed by atoms with Gasteiger partial charge in [0.15, 0.2) is 0 Å². The smallest absolute Gasteiger partial charge is 0.297 e. The maximum atomic E-state index is 11.5. The van der Waals surface area contributed by atoms with Crippen molar-refractivity contribution < 1.29 is 35.2 Å². The molecule has 0 aliphatic heterocycles. The molecule has 2 fully saturated rings. The topological polar surface area (TPSA) is 165 Å². The van der Waals surface area contributed by atoms with E-state index in [4.69, 9.17) is 4.84 Å². The highest BCUT2D eigenvalue weighted by atomic mass is 17.0. The Labute approximate surface area is 171 Å². The van der Waals surface area contributed by atoms with Crippen LogP contribution in [0.3, 0.4) is 0 Å². The van der Waals surface area contributed by atoms with Gasteiger partial charge in [0.25, 0.3) is 10.2 Å². The van der Waals surface area contributed by atoms with Crippen molar-refractivity contribution in [3.63, 3.8) is 0 Å². The van der Waals surface area contributed by atoms with Gasteiger partial charge in [0.2, 0.25) is 11.6 Å². The summed E-state index contributed by atoms with van der Waals surface area (Å²) in [6.45, 7) is 3.48. The fourth-order valence-corrected chi connectivity index (χ4v) is 6.52. The summed E-state index contributed by atoms with van der Waals surface area (Å²) in [6.07, 6.45) is 0.473. The van der Waals surface area contributed by atoms with Gasteiger partial charge in [0.1, 0.15) is 5.75 Å². The predicted molar refractivity (Wildman–Crippen MR) is 98.7 cm³/mol. The molecule has 7 atom stereocenters. The van der Waals surface area contributed by atoms with E-state index in [0.717, 1.165) is 5.56 Å². The summed E-state index contributed by atoms with van der Waals surface area (Å²) in [5.41, 5.74) is 0.0368. The summed E-state index contributed by atoms with van der Waals surface area (Å²) in [5, 5.41) is 52.6. The van der Waals surface area contributed by atoms with Crippen LogP contribution in [0.4, 0.5) is 0 Å². The lowest BCUT2D eigenvalue weighted by atomic mass is 9.50. The second-order valence-electron chi connectivity index (χ2n) is 9.12. The number of phenolic OH excluding ortho intramolecular Hbond substituents is 1. The van der Waals surface area contributed by atoms with Crippen molar-refractivity contribution in [1.29, 1.82) is 0 Å². The van der Waals surface area contributed by atoms with Crippen LogP contribution in [0.25, 0.3) is 0 Å². The Morgan fingerprint density at radius 3 is 2.47 bits per heavy atom. The Balaban J connectivity index is 1.88. The van der Waals surface area contributed by atoms with Crippen molar-refractivity contribution in [1.82, 2.24) is 0 Å². The van der Waals surface area contributed by atoms with Crippen molar-refractivity contribution >= 4 is 0 Å². The molecule has 11 heteroatoms. The first-order valence-corrected chi connectivity index (χ1v) is 9.84. The van der Waals surface area contributed by atoms with Crippen molar-refractivity contribution in [2.75, 3.05) is 0 Å². The first-order valence-electron chi connectivity index (χ1n) is 9.84. The van der Waals surface area contributed by atoms with Crippen molar-refractivity contribution in [2.45, 2.75) is 57.0 Å². The molecule has 0 amide bonds. The van der Waals surface area contributed by atoms with Gasteiger partial charge >= 0.3 is 0 Å². The Morgan fingerprint density at radius 1 is 1.17 bits per heavy atom. The first-order chi connectivity index (χ1) is 13.9. The minimum atomic E-state index is -2.34. The fraction of sp³-hybridized carbons (Fsp3) is 0.684. The number of hydrogen-bond acceptors (Lipinski definition) is 9. The van der Waals surface area contributed by atoms with Gasteiger partial charge < -0.3 is 15.3 Å². The molecule has 4 rings (SSSR count). The number of aliphatic hydroxyl groups is 2. The monoisotopic (exact) mass is 424 g/mol. The van der Waals surface area contributed by atoms with Crippen molar-refractivity contribution in [3.8, 4) is 5.75 Å². The number of rotatable bonds is 4. The molecule has 0 aromatic heterocycles. The molecule has 0 radical (unpaired) electrons. The van der Waals surface area contributed by atoms with E-state index < -0.39 is 39.5 Å². The molecule has 30 heavy (non-hydrogen) atoms. The standard InChI is InChI=1S/C19H24N2O9/c1-10-7-11-8-12(22)3-4-13(11)16-15(10)14-5-6-19(24,30-21(27)28)17(14,2)9-18(16,23)29-20(25)26/h3-4,8,10,14-16,22-24H,5-7,9H2,1-2H3/t10-,14+,15+,16-,17+,18-,19-/m1/s1. The molecule has 1 aromatic carbocycles. The summed E-state index contributed by atoms with van der Waals surface area (Å²) >= 11 is 0. The summed E-state index contributed by atoms with van der Waals surface area (Å²) in [5.74, 6) is -6.07. The van der Waals surface area contributed by atoms with E-state index in [0.29, 0.717) is 18.4 Å². The quantitative estimate of drug-likeness (QED) is 0.372. The molecular formula is C19H24N2O9. The number of hydrogen-bond donors (Lipinski definition) is 3. The number of benzene rings is 1. The lowest BCUT2D eigenvalue weighted by Gasteiger charge is -2.58. The van der Waals surface area contributed by atoms with E-state index in [2.05, 4.69) is 4.84 Å². The third-order valence-corrected chi connectivity index (χ3v) is 7.58. The van der Waals surface area contributed by atoms with E-state index >= 15 is 0 Å². The van der Waals surface area contributed by atoms with Crippen LogP contribution in [0.1, 0.15) is 50.2 Å². The lowest BCUT2D eigenvalue weighted by Crippen LogP contribution is -2.63. The summed E-state index contributed by atoms with van der Waals surface area (Å²) in [4.78, 5) is 31.9. The van der Waals surface area contributed by atoms with Crippen molar-refractivity contribution in [3.05, 3.63) is 49.6 Å². The Kier molecular flexibility index (Phi) is 4.41. The largest absolute Gasteiger partial charge is 0.508 e. The van der Waals surface area contributed by atoms with E-state index in [9.17, 15) is 35.5 Å². The maximum Gasteiger partial charge on any atom is 0.297 e. The van der Waals surface area contributed by atoms with Crippen LogP contribution in [0.5, 0.6) is 5.75 Å². The van der Waals surface area contributed by atoms with Crippen LogP contribution < -0.4 is 0 Å². The van der Waals surface area contributed by atoms with Gasteiger partial charge in [0, 0.05) is 24.2 Å². The van der Waals surface area contributed by atoms with Gasteiger partial charge in [-0.1, -0.05) is 19.9 Å². The van der Waals surface area contributed by atoms with Crippen LogP contribution >= 0.6 is 0 Å². The Hall–Kier alpha value is -2.66. The SMILES string of the molecule is C[C@@H]1Cc2cc(O)ccc2[C@@H]2[C@@H]1[C@@H]1CC[C@@](O)(O[N+](=O)[O-])[C@@]1(C)C[C@@]2(O)O[N+](=O)[O-]. The van der Waals surface area contributed by atoms with Crippen LogP contribution in [0.15, 0.2) is 18.2 Å². The average molecular weight is 424 g/mol. The minimum Gasteiger partial charge on any atom is -0.508 e. The number of nitrogens with zero attached hydrogens (tertiary/aromatic N) is 2. The summed E-state index contributed by atoms with van der Waals surface area (Å²) < 4.78 is 0. The fourth-order valence-electron chi connectivity index (χ4n) is 6.52. The molecule has 1 aromatic rings. The molecule has 3 aliphatic carbocycles. The second kappa shape index (κ2) is 6.42. The van der Waals surface area contributed by atoms with Gasteiger partial charge in [-0.3, -0.25) is 9.68 Å². The van der Waals surface area contributed by atoms with Gasteiger partial charge in [-0.2, -0.15) is 0 Å². The number of aromatic hydroxyl groups is 1. The number of phenols is 1. The van der Waals surface area contributed by atoms with Crippen LogP contribution in [-0.2, 0) is 16.1 Å². The van der Waals surface area contributed by atoms with Crippen LogP contribution in [0, 0.1) is 43.4 Å². The van der Waals surface area contributed by atoms with Gasteiger partial charge in [-0.15, -0.1) is 20.2 Å². The van der Waals surface area contributed by atoms with Crippen molar-refractivity contribution in [2.24, 2.45) is 23.2 Å². The third-order valence-electron chi connectivity index (χ3n) is 7.58. The molecule has 164 valence electrons. The lowest BCUT2D eigenvalue weighted by molar-refractivity contribution is -0.809. The van der Waals surface area contributed by atoms with Gasteiger partial charge in [-0.05, 0) is 53.9 Å². The molecule has 11 nitrogen and oxygen atoms in total. The van der Waals surface area contributed by atoms with Gasteiger partial charge in [-0.25, -0.2) is 0 Å². The highest BCUT2D eigenvalue weighted by molar-refractivity contribution is 5.42. The highest BCUT2D eigenvalue weighted by Crippen LogP contribution is 2.68. The molecule has 3 N–H and O–H groups in total. The zero-order valence-electron chi connectivity index (χ0n) is 16.6. The van der Waals surface area contributed by atoms with Gasteiger partial charge in [0.05, 0.1) is 0 Å². The normalized spacial score (nSPS) is 41.9. The summed E-state index contributed by atoms with van der Waals surface area (Å²) in [6, 6.07) is 4.65. The minimum absolute atomic E-state index is 0.0396. The highest BCUT2D eigenvalue weighted by Gasteiger charge is 2.71. The van der Waals surface area contributed by atoms with Crippen LogP contribution in [0.2, 0.25) is 0 Å². The van der Waals surface area contributed by atoms with Crippen LogP contribution in [-0.4, -0.2) is 37.1 Å². The second-order valence-corrected chi connectivity index (χ2v) is 9.12. The Morgan fingerprint density at radius 2 is 1.83 bits per heavy atom. The van der Waals surface area contributed by atoms with E-state index in [1.54, 1.807) is 19.1 Å². The molecule has 0 bridgehead atoms. The molecule has 0 spiro atoms. The molecule has 3 aliphatic rings. The first kappa shape index (κ1) is 20.6. The predicted octanol–water partition coefficient (Wildman–Crippen LogP) is 1.90. The van der Waals surface area contributed by atoms with E-state index in [1.807, 2.05) is 6.92 Å². The van der Waals surface area contributed by atoms with E-state index in [-0.39, 0.29) is 29.9 Å². The molecule has 0 saturated heterocycles. The molecule has 2 saturated carbocycles. The zero-order chi connectivity index (χ0) is 22.1. The zero-order valence-corrected chi connectivity index (χ0v) is 16.6. The molecule has 0 heterocycles. The molecule has 0 unspecified atom stereocenters. The maximum absolute atomic E-state index is 11.5. The molecular weight excluding hydrogens is 400 g/mol. The number of fused-ring (bicyclic) bond motifs is 5. The third kappa shape index (κ3) is 2.79. The van der Waals surface area contributed by atoms with E-state index in [1.165, 1.54) is 6.07 Å².